The third kappa shape index (κ3) is 3.20. The Morgan fingerprint density at radius 3 is 2.88 bits per heavy atom. The molecule has 4 N–H and O–H groups in total. The number of pyridine rings is 1. The Labute approximate surface area is 94.4 Å². The number of nitrogens with one attached hydrogen (secondary N) is 2. The first-order valence-electron chi connectivity index (χ1n) is 5.50. The number of nitrogens with two attached hydrogens (primary N) is 1. The summed E-state index contributed by atoms with van der Waals surface area (Å²) in [6, 6.07) is 4.30. The summed E-state index contributed by atoms with van der Waals surface area (Å²) in [5.74, 6) is 0.784. The van der Waals surface area contributed by atoms with E-state index in [9.17, 15) is 4.79 Å². The van der Waals surface area contributed by atoms with E-state index < -0.39 is 0 Å². The van der Waals surface area contributed by atoms with E-state index in [2.05, 4.69) is 15.6 Å². The second kappa shape index (κ2) is 4.94. The molecule has 0 radical (unpaired) electrons. The molecule has 0 aromatic carbocycles. The number of carbonyl (C=O) groups excluding carboxylic acids is 1. The Kier molecular flexibility index (Phi) is 3.36. The Balaban J connectivity index is 1.87. The van der Waals surface area contributed by atoms with Crippen LogP contribution in [0.25, 0.3) is 0 Å². The predicted molar refractivity (Wildman–Crippen MR) is 63.2 cm³/mol. The van der Waals surface area contributed by atoms with E-state index in [4.69, 9.17) is 5.73 Å². The van der Waals surface area contributed by atoms with Gasteiger partial charge in [0.1, 0.15) is 5.82 Å². The fourth-order valence-corrected chi connectivity index (χ4v) is 1.34. The molecule has 1 amide bonds. The number of hydrogen-bond donors (Lipinski definition) is 3. The van der Waals surface area contributed by atoms with Crippen molar-refractivity contribution in [3.63, 3.8) is 0 Å². The summed E-state index contributed by atoms with van der Waals surface area (Å²) >= 11 is 0. The van der Waals surface area contributed by atoms with Gasteiger partial charge in [-0.2, -0.15) is 0 Å². The lowest BCUT2D eigenvalue weighted by atomic mass is 10.3. The average molecular weight is 220 g/mol. The van der Waals surface area contributed by atoms with Crippen LogP contribution in [-0.4, -0.2) is 23.5 Å². The maximum Gasteiger partial charge on any atom is 0.225 e. The lowest BCUT2D eigenvalue weighted by Gasteiger charge is -2.06. The highest BCUT2D eigenvalue weighted by atomic mass is 16.1. The number of aromatic nitrogens is 1. The Morgan fingerprint density at radius 2 is 2.31 bits per heavy atom. The van der Waals surface area contributed by atoms with Crippen LogP contribution in [0, 0.1) is 0 Å². The van der Waals surface area contributed by atoms with Gasteiger partial charge in [-0.1, -0.05) is 0 Å². The summed E-state index contributed by atoms with van der Waals surface area (Å²) in [6.45, 7) is 0.362. The van der Waals surface area contributed by atoms with Crippen molar-refractivity contribution in [1.29, 1.82) is 0 Å². The van der Waals surface area contributed by atoms with E-state index in [0.717, 1.165) is 5.82 Å². The fourth-order valence-electron chi connectivity index (χ4n) is 1.34. The van der Waals surface area contributed by atoms with E-state index in [1.807, 2.05) is 12.1 Å². The maximum atomic E-state index is 11.3. The van der Waals surface area contributed by atoms with Gasteiger partial charge in [-0.05, 0) is 25.0 Å². The number of carbonyl (C=O) groups is 1. The molecule has 5 nitrogen and oxygen atoms in total. The van der Waals surface area contributed by atoms with Crippen molar-refractivity contribution in [2.24, 2.45) is 5.73 Å². The van der Waals surface area contributed by atoms with Gasteiger partial charge >= 0.3 is 0 Å². The van der Waals surface area contributed by atoms with Crippen molar-refractivity contribution < 1.29 is 4.79 Å². The molecule has 1 aliphatic carbocycles. The number of anilines is 2. The van der Waals surface area contributed by atoms with Gasteiger partial charge < -0.3 is 16.4 Å². The molecular weight excluding hydrogens is 204 g/mol. The molecule has 1 heterocycles. The van der Waals surface area contributed by atoms with E-state index in [1.165, 1.54) is 12.8 Å². The number of amides is 1. The zero-order valence-corrected chi connectivity index (χ0v) is 9.07. The summed E-state index contributed by atoms with van der Waals surface area (Å²) in [7, 11) is 0. The molecule has 0 saturated heterocycles. The SMILES string of the molecule is NCCC(=O)Nc1ccc(NC2CC2)nc1. The molecule has 1 aliphatic rings. The van der Waals surface area contributed by atoms with Crippen molar-refractivity contribution in [3.8, 4) is 0 Å². The van der Waals surface area contributed by atoms with E-state index in [-0.39, 0.29) is 5.91 Å². The minimum atomic E-state index is -0.0767. The minimum Gasteiger partial charge on any atom is -0.367 e. The number of rotatable bonds is 5. The molecule has 0 aliphatic heterocycles. The summed E-state index contributed by atoms with van der Waals surface area (Å²) in [5.41, 5.74) is 5.99. The van der Waals surface area contributed by atoms with Gasteiger partial charge in [0.25, 0.3) is 0 Å². The Morgan fingerprint density at radius 1 is 1.50 bits per heavy atom. The van der Waals surface area contributed by atoms with Gasteiger partial charge in [-0.3, -0.25) is 4.79 Å². The Bertz CT molecular complexity index is 359. The molecule has 0 spiro atoms. The summed E-state index contributed by atoms with van der Waals surface area (Å²) in [6.07, 6.45) is 4.43. The summed E-state index contributed by atoms with van der Waals surface area (Å²) in [5, 5.41) is 6.01. The normalized spacial score (nSPS) is 14.6. The largest absolute Gasteiger partial charge is 0.367 e. The standard InChI is InChI=1S/C11H16N4O/c12-6-5-11(16)15-9-3-4-10(13-7-9)14-8-1-2-8/h3-4,7-8H,1-2,5-6,12H2,(H,13,14)(H,15,16). The van der Waals surface area contributed by atoms with Gasteiger partial charge in [0, 0.05) is 19.0 Å². The van der Waals surface area contributed by atoms with Crippen LogP contribution in [-0.2, 0) is 4.79 Å². The lowest BCUT2D eigenvalue weighted by molar-refractivity contribution is -0.116. The smallest absolute Gasteiger partial charge is 0.225 e. The third-order valence-corrected chi connectivity index (χ3v) is 2.35. The van der Waals surface area contributed by atoms with Gasteiger partial charge in [-0.25, -0.2) is 4.98 Å². The van der Waals surface area contributed by atoms with Crippen molar-refractivity contribution in [1.82, 2.24) is 4.98 Å². The van der Waals surface area contributed by atoms with Crippen LogP contribution in [0.5, 0.6) is 0 Å². The topological polar surface area (TPSA) is 80.0 Å². The van der Waals surface area contributed by atoms with Crippen LogP contribution in [0.1, 0.15) is 19.3 Å². The quantitative estimate of drug-likeness (QED) is 0.690. The molecule has 16 heavy (non-hydrogen) atoms. The lowest BCUT2D eigenvalue weighted by Crippen LogP contribution is -2.16. The van der Waals surface area contributed by atoms with Crippen molar-refractivity contribution in [2.45, 2.75) is 25.3 Å². The molecule has 1 aromatic heterocycles. The first kappa shape index (κ1) is 10.9. The molecule has 0 bridgehead atoms. The van der Waals surface area contributed by atoms with Crippen LogP contribution in [0.2, 0.25) is 0 Å². The third-order valence-electron chi connectivity index (χ3n) is 2.35. The molecule has 0 atom stereocenters. The maximum absolute atomic E-state index is 11.3. The zero-order chi connectivity index (χ0) is 11.4. The highest BCUT2D eigenvalue weighted by Crippen LogP contribution is 2.23. The fraction of sp³-hybridized carbons (Fsp3) is 0.455. The first-order chi connectivity index (χ1) is 7.78. The highest BCUT2D eigenvalue weighted by Gasteiger charge is 2.20. The van der Waals surface area contributed by atoms with E-state index in [1.54, 1.807) is 6.20 Å². The van der Waals surface area contributed by atoms with Gasteiger partial charge in [-0.15, -0.1) is 0 Å². The van der Waals surface area contributed by atoms with Crippen LogP contribution >= 0.6 is 0 Å². The molecule has 1 saturated carbocycles. The van der Waals surface area contributed by atoms with Crippen molar-refractivity contribution >= 4 is 17.4 Å². The highest BCUT2D eigenvalue weighted by molar-refractivity contribution is 5.90. The molecular formula is C11H16N4O. The number of hydrogen-bond acceptors (Lipinski definition) is 4. The monoisotopic (exact) mass is 220 g/mol. The predicted octanol–water partition coefficient (Wildman–Crippen LogP) is 0.943. The van der Waals surface area contributed by atoms with E-state index in [0.29, 0.717) is 24.7 Å². The molecule has 5 heteroatoms. The van der Waals surface area contributed by atoms with Crippen LogP contribution in [0.3, 0.4) is 0 Å². The van der Waals surface area contributed by atoms with Gasteiger partial charge in [0.05, 0.1) is 11.9 Å². The molecule has 86 valence electrons. The molecule has 0 unspecified atom stereocenters. The Hall–Kier alpha value is -1.62. The summed E-state index contributed by atoms with van der Waals surface area (Å²) < 4.78 is 0. The van der Waals surface area contributed by atoms with Crippen molar-refractivity contribution in [2.75, 3.05) is 17.2 Å². The van der Waals surface area contributed by atoms with Crippen molar-refractivity contribution in [3.05, 3.63) is 18.3 Å². The first-order valence-corrected chi connectivity index (χ1v) is 5.50. The average Bonchev–Trinajstić information content (AvgIpc) is 3.05. The van der Waals surface area contributed by atoms with Crippen LogP contribution < -0.4 is 16.4 Å². The van der Waals surface area contributed by atoms with Gasteiger partial charge in [0.15, 0.2) is 0 Å². The molecule has 2 rings (SSSR count). The van der Waals surface area contributed by atoms with E-state index >= 15 is 0 Å². The van der Waals surface area contributed by atoms with Gasteiger partial charge in [0.2, 0.25) is 5.91 Å². The van der Waals surface area contributed by atoms with Crippen LogP contribution in [0.15, 0.2) is 18.3 Å². The zero-order valence-electron chi connectivity index (χ0n) is 9.07. The number of nitrogens with zero attached hydrogens (tertiary/aromatic N) is 1. The molecule has 1 fully saturated rings. The minimum absolute atomic E-state index is 0.0767. The second-order valence-corrected chi connectivity index (χ2v) is 3.94. The summed E-state index contributed by atoms with van der Waals surface area (Å²) in [4.78, 5) is 15.5. The molecule has 1 aromatic rings. The second-order valence-electron chi connectivity index (χ2n) is 3.94. The van der Waals surface area contributed by atoms with Crippen LogP contribution in [0.4, 0.5) is 11.5 Å².